The van der Waals surface area contributed by atoms with Crippen LogP contribution in [0, 0.1) is 20.8 Å². The van der Waals surface area contributed by atoms with Gasteiger partial charge >= 0.3 is 0 Å². The number of anilines is 1. The van der Waals surface area contributed by atoms with E-state index in [1.54, 1.807) is 0 Å². The number of carbonyl (C=O) groups is 2. The maximum Gasteiger partial charge on any atom is 0.253 e. The number of hydrogen-bond acceptors (Lipinski definition) is 8. The zero-order valence-electron chi connectivity index (χ0n) is 33.3. The van der Waals surface area contributed by atoms with Crippen molar-refractivity contribution in [2.45, 2.75) is 85.4 Å². The standard InChI is InChI=1S/C43H63N7O4/c1-6-50(37-15-23-54-24-16-37)40-27-36(26-38(33(40)4)42(52)46-28-39-31(2)25-32(3)47-43(39)53)35-13-11-34(12-14-35)29-48-19-21-49(22-20-48)30-41(51)45-18-10-8-7-9-17-44-5/h11-14,25-27,37,44H,6-10,15-24,28-30H2,1-5H3,(H,45,51)(H,46,52)(H,47,53). The number of H-pyrrole nitrogens is 1. The molecule has 0 spiro atoms. The Morgan fingerprint density at radius 2 is 1.56 bits per heavy atom. The van der Waals surface area contributed by atoms with Gasteiger partial charge in [0.05, 0.1) is 6.54 Å². The van der Waals surface area contributed by atoms with E-state index in [1.807, 2.05) is 40.0 Å². The molecule has 294 valence electrons. The fraction of sp³-hybridized carbons (Fsp3) is 0.558. The first-order valence-electron chi connectivity index (χ1n) is 20.1. The molecular formula is C43H63N7O4. The quantitative estimate of drug-likeness (QED) is 0.136. The molecule has 1 aromatic heterocycles. The number of benzene rings is 2. The zero-order valence-corrected chi connectivity index (χ0v) is 33.3. The van der Waals surface area contributed by atoms with Crippen LogP contribution in [0.4, 0.5) is 5.69 Å². The van der Waals surface area contributed by atoms with Crippen LogP contribution in [0.3, 0.4) is 0 Å². The molecule has 0 saturated carbocycles. The molecule has 11 heteroatoms. The summed E-state index contributed by atoms with van der Waals surface area (Å²) in [5, 5.41) is 9.33. The Morgan fingerprint density at radius 3 is 2.22 bits per heavy atom. The van der Waals surface area contributed by atoms with E-state index < -0.39 is 0 Å². The maximum atomic E-state index is 13.9. The Kier molecular flexibility index (Phi) is 15.7. The van der Waals surface area contributed by atoms with Crippen LogP contribution >= 0.6 is 0 Å². The van der Waals surface area contributed by atoms with Crippen molar-refractivity contribution in [2.24, 2.45) is 0 Å². The number of rotatable bonds is 18. The van der Waals surface area contributed by atoms with Gasteiger partial charge in [-0.15, -0.1) is 0 Å². The average Bonchev–Trinajstić information content (AvgIpc) is 3.16. The van der Waals surface area contributed by atoms with Crippen LogP contribution in [0.15, 0.2) is 47.3 Å². The van der Waals surface area contributed by atoms with Crippen molar-refractivity contribution >= 4 is 17.5 Å². The zero-order chi connectivity index (χ0) is 38.5. The van der Waals surface area contributed by atoms with Gasteiger partial charge in [-0.05, 0) is 113 Å². The first-order chi connectivity index (χ1) is 26.2. The summed E-state index contributed by atoms with van der Waals surface area (Å²) in [7, 11) is 1.98. The van der Waals surface area contributed by atoms with E-state index in [0.29, 0.717) is 23.7 Å². The van der Waals surface area contributed by atoms with E-state index in [2.05, 4.69) is 72.9 Å². The first kappa shape index (κ1) is 41.1. The third kappa shape index (κ3) is 11.5. The number of nitrogens with zero attached hydrogens (tertiary/aromatic N) is 3. The summed E-state index contributed by atoms with van der Waals surface area (Å²) >= 11 is 0. The number of piperazine rings is 1. The number of pyridine rings is 1. The average molecular weight is 742 g/mol. The highest BCUT2D eigenvalue weighted by Gasteiger charge is 2.25. The van der Waals surface area contributed by atoms with Crippen molar-refractivity contribution in [3.63, 3.8) is 0 Å². The predicted molar refractivity (Wildman–Crippen MR) is 218 cm³/mol. The molecule has 2 aromatic carbocycles. The molecular weight excluding hydrogens is 679 g/mol. The van der Waals surface area contributed by atoms with Crippen LogP contribution in [-0.4, -0.2) is 105 Å². The molecule has 0 atom stereocenters. The molecule has 4 N–H and O–H groups in total. The van der Waals surface area contributed by atoms with E-state index in [9.17, 15) is 14.4 Å². The Morgan fingerprint density at radius 1 is 0.870 bits per heavy atom. The minimum absolute atomic E-state index is 0.126. The highest BCUT2D eigenvalue weighted by molar-refractivity contribution is 5.99. The van der Waals surface area contributed by atoms with Crippen LogP contribution in [0.25, 0.3) is 11.1 Å². The molecule has 2 amide bonds. The lowest BCUT2D eigenvalue weighted by molar-refractivity contribution is -0.122. The molecule has 2 aliphatic heterocycles. The number of ether oxygens (including phenoxy) is 1. The minimum atomic E-state index is -0.193. The minimum Gasteiger partial charge on any atom is -0.381 e. The van der Waals surface area contributed by atoms with E-state index in [-0.39, 0.29) is 23.9 Å². The van der Waals surface area contributed by atoms with Crippen LogP contribution in [0.2, 0.25) is 0 Å². The number of aromatic amines is 1. The highest BCUT2D eigenvalue weighted by atomic mass is 16.5. The third-order valence-corrected chi connectivity index (χ3v) is 11.0. The van der Waals surface area contributed by atoms with Gasteiger partial charge in [0.1, 0.15) is 0 Å². The Labute approximate surface area is 322 Å². The lowest BCUT2D eigenvalue weighted by Crippen LogP contribution is -2.49. The number of hydrogen-bond donors (Lipinski definition) is 4. The van der Waals surface area contributed by atoms with Gasteiger partial charge in [-0.25, -0.2) is 0 Å². The molecule has 0 unspecified atom stereocenters. The van der Waals surface area contributed by atoms with Crippen molar-refractivity contribution in [1.82, 2.24) is 30.7 Å². The molecule has 0 bridgehead atoms. The van der Waals surface area contributed by atoms with Crippen molar-refractivity contribution in [3.05, 3.63) is 86.3 Å². The van der Waals surface area contributed by atoms with Gasteiger partial charge in [-0.2, -0.15) is 0 Å². The summed E-state index contributed by atoms with van der Waals surface area (Å²) in [5.74, 6) is -0.0670. The lowest BCUT2D eigenvalue weighted by Gasteiger charge is -2.37. The second-order valence-electron chi connectivity index (χ2n) is 15.0. The van der Waals surface area contributed by atoms with E-state index in [0.717, 1.165) is 125 Å². The fourth-order valence-corrected chi connectivity index (χ4v) is 7.82. The summed E-state index contributed by atoms with van der Waals surface area (Å²) in [5.41, 5.74) is 7.95. The molecule has 3 aromatic rings. The molecule has 3 heterocycles. The van der Waals surface area contributed by atoms with E-state index >= 15 is 0 Å². The lowest BCUT2D eigenvalue weighted by atomic mass is 9.94. The Balaban J connectivity index is 1.23. The van der Waals surface area contributed by atoms with Gasteiger partial charge in [0.25, 0.3) is 11.5 Å². The topological polar surface area (TPSA) is 122 Å². The van der Waals surface area contributed by atoms with Gasteiger partial charge in [0, 0.05) is 94.1 Å². The highest BCUT2D eigenvalue weighted by Crippen LogP contribution is 2.34. The predicted octanol–water partition coefficient (Wildman–Crippen LogP) is 4.92. The van der Waals surface area contributed by atoms with Crippen molar-refractivity contribution in [2.75, 3.05) is 77.5 Å². The summed E-state index contributed by atoms with van der Waals surface area (Å²) < 4.78 is 5.69. The van der Waals surface area contributed by atoms with Gasteiger partial charge in [-0.1, -0.05) is 37.1 Å². The third-order valence-electron chi connectivity index (χ3n) is 11.0. The van der Waals surface area contributed by atoms with Crippen molar-refractivity contribution in [3.8, 4) is 11.1 Å². The summed E-state index contributed by atoms with van der Waals surface area (Å²) in [4.78, 5) is 49.1. The van der Waals surface area contributed by atoms with Gasteiger partial charge in [-0.3, -0.25) is 24.2 Å². The molecule has 5 rings (SSSR count). The van der Waals surface area contributed by atoms with Crippen molar-refractivity contribution in [1.29, 1.82) is 0 Å². The van der Waals surface area contributed by atoms with E-state index in [1.165, 1.54) is 18.4 Å². The molecule has 0 radical (unpaired) electrons. The second kappa shape index (κ2) is 20.6. The normalized spacial score (nSPS) is 15.6. The smallest absolute Gasteiger partial charge is 0.253 e. The Bertz CT molecular complexity index is 1730. The van der Waals surface area contributed by atoms with Crippen molar-refractivity contribution < 1.29 is 14.3 Å². The second-order valence-corrected chi connectivity index (χ2v) is 15.0. The maximum absolute atomic E-state index is 13.9. The summed E-state index contributed by atoms with van der Waals surface area (Å²) in [6.45, 7) is 17.2. The molecule has 54 heavy (non-hydrogen) atoms. The van der Waals surface area contributed by atoms with Gasteiger partial charge in [0.2, 0.25) is 5.91 Å². The van der Waals surface area contributed by atoms with Crippen LogP contribution in [0.1, 0.15) is 83.8 Å². The SMILES string of the molecule is CCN(c1cc(-c2ccc(CN3CCN(CC(=O)NCCCCCCNC)CC3)cc2)cc(C(=O)NCc2c(C)cc(C)[nH]c2=O)c1C)C1CCOCC1. The molecule has 11 nitrogen and oxygen atoms in total. The van der Waals surface area contributed by atoms with Crippen LogP contribution in [0.5, 0.6) is 0 Å². The number of nitrogens with one attached hydrogen (secondary N) is 4. The number of aryl methyl sites for hydroxylation is 2. The van der Waals surface area contributed by atoms with Gasteiger partial charge < -0.3 is 30.6 Å². The molecule has 2 fully saturated rings. The number of aromatic nitrogens is 1. The summed E-state index contributed by atoms with van der Waals surface area (Å²) in [6.07, 6.45) is 6.46. The van der Waals surface area contributed by atoms with Crippen LogP contribution in [-0.2, 0) is 22.6 Å². The molecule has 2 aliphatic rings. The number of amides is 2. The fourth-order valence-electron chi connectivity index (χ4n) is 7.82. The van der Waals surface area contributed by atoms with Gasteiger partial charge in [0.15, 0.2) is 0 Å². The Hall–Kier alpha value is -4.03. The molecule has 2 saturated heterocycles. The largest absolute Gasteiger partial charge is 0.381 e. The number of carbonyl (C=O) groups excluding carboxylic acids is 2. The van der Waals surface area contributed by atoms with Crippen LogP contribution < -0.4 is 26.4 Å². The first-order valence-corrected chi connectivity index (χ1v) is 20.1. The molecule has 0 aliphatic carbocycles. The van der Waals surface area contributed by atoms with E-state index in [4.69, 9.17) is 4.74 Å². The monoisotopic (exact) mass is 741 g/mol. The summed E-state index contributed by atoms with van der Waals surface area (Å²) in [6, 6.07) is 15.2. The number of unbranched alkanes of at least 4 members (excludes halogenated alkanes) is 3.